The maximum absolute atomic E-state index is 13.3. The third-order valence-electron chi connectivity index (χ3n) is 5.09. The van der Waals surface area contributed by atoms with Crippen LogP contribution >= 0.6 is 11.8 Å². The zero-order valence-corrected chi connectivity index (χ0v) is 18.3. The van der Waals surface area contributed by atoms with Gasteiger partial charge in [-0.1, -0.05) is 43.3 Å². The number of benzene rings is 2. The Balaban J connectivity index is 2.02. The summed E-state index contributed by atoms with van der Waals surface area (Å²) in [6.07, 6.45) is 2.03. The molecule has 1 aromatic heterocycles. The van der Waals surface area contributed by atoms with Gasteiger partial charge in [0.25, 0.3) is 5.56 Å². The lowest BCUT2D eigenvalue weighted by atomic mass is 10.1. The van der Waals surface area contributed by atoms with Gasteiger partial charge in [0.15, 0.2) is 5.16 Å². The van der Waals surface area contributed by atoms with Crippen LogP contribution in [0.25, 0.3) is 16.6 Å². The molecule has 6 heteroatoms. The molecule has 0 saturated carbocycles. The van der Waals surface area contributed by atoms with E-state index in [1.54, 1.807) is 15.5 Å². The number of amides is 1. The number of fused-ring (bicyclic) bond motifs is 1. The summed E-state index contributed by atoms with van der Waals surface area (Å²) in [4.78, 5) is 32.2. The number of hydrogen-bond donors (Lipinski definition) is 0. The fraction of sp³-hybridized carbons (Fsp3) is 0.348. The van der Waals surface area contributed by atoms with Gasteiger partial charge < -0.3 is 4.90 Å². The fourth-order valence-corrected chi connectivity index (χ4v) is 4.01. The minimum Gasteiger partial charge on any atom is -0.345 e. The molecule has 0 aliphatic carbocycles. The summed E-state index contributed by atoms with van der Waals surface area (Å²) >= 11 is 1.31. The van der Waals surface area contributed by atoms with Crippen LogP contribution in [0.2, 0.25) is 0 Å². The van der Waals surface area contributed by atoms with Gasteiger partial charge in [0.1, 0.15) is 0 Å². The average Bonchev–Trinajstić information content (AvgIpc) is 2.72. The molecule has 0 aliphatic rings. The minimum atomic E-state index is -0.117. The van der Waals surface area contributed by atoms with Crippen LogP contribution in [0.1, 0.15) is 30.9 Å². The van der Waals surface area contributed by atoms with Gasteiger partial charge in [0, 0.05) is 13.6 Å². The van der Waals surface area contributed by atoms with E-state index < -0.39 is 0 Å². The quantitative estimate of drug-likeness (QED) is 0.430. The van der Waals surface area contributed by atoms with Crippen LogP contribution in [-0.2, 0) is 4.79 Å². The molecule has 0 fully saturated rings. The smallest absolute Gasteiger partial charge is 0.266 e. The molecule has 152 valence electrons. The van der Waals surface area contributed by atoms with E-state index in [4.69, 9.17) is 4.98 Å². The van der Waals surface area contributed by atoms with Crippen molar-refractivity contribution in [1.82, 2.24) is 14.5 Å². The molecular weight excluding hydrogens is 382 g/mol. The summed E-state index contributed by atoms with van der Waals surface area (Å²) in [5.41, 5.74) is 3.57. The Morgan fingerprint density at radius 2 is 1.90 bits per heavy atom. The van der Waals surface area contributed by atoms with Crippen molar-refractivity contribution in [2.24, 2.45) is 0 Å². The third kappa shape index (κ3) is 4.70. The molecule has 3 rings (SSSR count). The largest absolute Gasteiger partial charge is 0.345 e. The predicted octanol–water partition coefficient (Wildman–Crippen LogP) is 4.35. The number of thioether (sulfide) groups is 1. The second-order valence-corrected chi connectivity index (χ2v) is 8.22. The first-order chi connectivity index (χ1) is 13.9. The van der Waals surface area contributed by atoms with Crippen LogP contribution in [0.4, 0.5) is 0 Å². The minimum absolute atomic E-state index is 0.0393. The Hall–Kier alpha value is -2.60. The number of carbonyl (C=O) groups is 1. The molecule has 0 atom stereocenters. The van der Waals surface area contributed by atoms with Crippen molar-refractivity contribution in [3.63, 3.8) is 0 Å². The maximum atomic E-state index is 13.3. The summed E-state index contributed by atoms with van der Waals surface area (Å²) in [5, 5.41) is 1.11. The zero-order valence-electron chi connectivity index (χ0n) is 17.4. The normalized spacial score (nSPS) is 11.0. The molecule has 1 amide bonds. The van der Waals surface area contributed by atoms with Gasteiger partial charge in [-0.2, -0.15) is 0 Å². The number of rotatable bonds is 7. The molecule has 29 heavy (non-hydrogen) atoms. The molecule has 2 aromatic carbocycles. The highest BCUT2D eigenvalue weighted by atomic mass is 32.2. The van der Waals surface area contributed by atoms with Crippen LogP contribution < -0.4 is 5.56 Å². The average molecular weight is 410 g/mol. The maximum Gasteiger partial charge on any atom is 0.266 e. The van der Waals surface area contributed by atoms with E-state index in [1.807, 2.05) is 57.3 Å². The Morgan fingerprint density at radius 1 is 1.14 bits per heavy atom. The van der Waals surface area contributed by atoms with Crippen LogP contribution in [-0.4, -0.2) is 39.7 Å². The monoisotopic (exact) mass is 409 g/mol. The topological polar surface area (TPSA) is 55.2 Å². The Morgan fingerprint density at radius 3 is 2.62 bits per heavy atom. The van der Waals surface area contributed by atoms with E-state index >= 15 is 0 Å². The molecule has 0 saturated heterocycles. The number of hydrogen-bond acceptors (Lipinski definition) is 4. The lowest BCUT2D eigenvalue weighted by Gasteiger charge is -2.18. The highest BCUT2D eigenvalue weighted by Gasteiger charge is 2.16. The van der Waals surface area contributed by atoms with Gasteiger partial charge in [-0.3, -0.25) is 14.2 Å². The molecule has 1 heterocycles. The molecule has 0 aliphatic heterocycles. The first kappa shape index (κ1) is 21.1. The van der Waals surface area contributed by atoms with Crippen LogP contribution in [0.3, 0.4) is 0 Å². The summed E-state index contributed by atoms with van der Waals surface area (Å²) < 4.78 is 1.62. The van der Waals surface area contributed by atoms with Crippen molar-refractivity contribution in [3.05, 3.63) is 63.9 Å². The molecule has 0 spiro atoms. The molecule has 0 bridgehead atoms. The number of aromatic nitrogens is 2. The number of para-hydroxylation sites is 1. The molecular formula is C23H27N3O2S. The first-order valence-corrected chi connectivity index (χ1v) is 10.9. The van der Waals surface area contributed by atoms with Gasteiger partial charge in [-0.25, -0.2) is 4.98 Å². The molecule has 3 aromatic rings. The van der Waals surface area contributed by atoms with E-state index in [0.29, 0.717) is 16.1 Å². The standard InChI is InChI=1S/C23H27N3O2S/c1-5-6-13-25(4)21(27)15-29-23-24-20-10-8-7-9-19(20)22(28)26(23)18-12-11-16(2)17(3)14-18/h7-12,14H,5-6,13,15H2,1-4H3. The van der Waals surface area contributed by atoms with Crippen molar-refractivity contribution < 1.29 is 4.79 Å². The van der Waals surface area contributed by atoms with Gasteiger partial charge in [-0.05, 0) is 55.7 Å². The number of aryl methyl sites for hydroxylation is 2. The van der Waals surface area contributed by atoms with E-state index in [0.717, 1.165) is 36.2 Å². The second kappa shape index (κ2) is 9.27. The lowest BCUT2D eigenvalue weighted by molar-refractivity contribution is -0.127. The SMILES string of the molecule is CCCCN(C)C(=O)CSc1nc2ccccc2c(=O)n1-c1ccc(C)c(C)c1. The number of unbranched alkanes of at least 4 members (excludes halogenated alkanes) is 1. The zero-order chi connectivity index (χ0) is 21.0. The first-order valence-electron chi connectivity index (χ1n) is 9.88. The van der Waals surface area contributed by atoms with E-state index in [2.05, 4.69) is 6.92 Å². The van der Waals surface area contributed by atoms with E-state index in [9.17, 15) is 9.59 Å². The Bertz CT molecular complexity index is 1090. The molecule has 0 radical (unpaired) electrons. The second-order valence-electron chi connectivity index (χ2n) is 7.28. The van der Waals surface area contributed by atoms with Gasteiger partial charge in [-0.15, -0.1) is 0 Å². The highest BCUT2D eigenvalue weighted by molar-refractivity contribution is 7.99. The summed E-state index contributed by atoms with van der Waals surface area (Å²) in [5.74, 6) is 0.285. The highest BCUT2D eigenvalue weighted by Crippen LogP contribution is 2.23. The summed E-state index contributed by atoms with van der Waals surface area (Å²) in [6, 6.07) is 13.3. The third-order valence-corrected chi connectivity index (χ3v) is 6.01. The lowest BCUT2D eigenvalue weighted by Crippen LogP contribution is -2.29. The van der Waals surface area contributed by atoms with Crippen molar-refractivity contribution in [3.8, 4) is 5.69 Å². The number of nitrogens with zero attached hydrogens (tertiary/aromatic N) is 3. The molecule has 5 nitrogen and oxygen atoms in total. The van der Waals surface area contributed by atoms with Crippen LogP contribution in [0, 0.1) is 13.8 Å². The predicted molar refractivity (Wildman–Crippen MR) is 120 cm³/mol. The van der Waals surface area contributed by atoms with Crippen molar-refractivity contribution >= 4 is 28.6 Å². The van der Waals surface area contributed by atoms with Gasteiger partial charge in [0.05, 0.1) is 22.3 Å². The van der Waals surface area contributed by atoms with Crippen LogP contribution in [0.5, 0.6) is 0 Å². The van der Waals surface area contributed by atoms with Gasteiger partial charge >= 0.3 is 0 Å². The van der Waals surface area contributed by atoms with Crippen molar-refractivity contribution in [1.29, 1.82) is 0 Å². The Kier molecular flexibility index (Phi) is 6.75. The van der Waals surface area contributed by atoms with E-state index in [-0.39, 0.29) is 17.2 Å². The van der Waals surface area contributed by atoms with Crippen molar-refractivity contribution in [2.75, 3.05) is 19.3 Å². The van der Waals surface area contributed by atoms with Crippen LogP contribution in [0.15, 0.2) is 52.4 Å². The Labute approximate surface area is 175 Å². The van der Waals surface area contributed by atoms with E-state index in [1.165, 1.54) is 11.8 Å². The molecule has 0 N–H and O–H groups in total. The summed E-state index contributed by atoms with van der Waals surface area (Å²) in [7, 11) is 1.82. The summed E-state index contributed by atoms with van der Waals surface area (Å²) in [6.45, 7) is 6.91. The fourth-order valence-electron chi connectivity index (χ4n) is 3.06. The van der Waals surface area contributed by atoms with Crippen molar-refractivity contribution in [2.45, 2.75) is 38.8 Å². The van der Waals surface area contributed by atoms with Gasteiger partial charge in [0.2, 0.25) is 5.91 Å². The molecule has 0 unspecified atom stereocenters. The number of carbonyl (C=O) groups excluding carboxylic acids is 1.